The summed E-state index contributed by atoms with van der Waals surface area (Å²) in [4.78, 5) is 0.307. The van der Waals surface area contributed by atoms with E-state index in [2.05, 4.69) is 34.5 Å². The fraction of sp³-hybridized carbons (Fsp3) is 0.538. The number of sulfonamides is 1. The summed E-state index contributed by atoms with van der Waals surface area (Å²) in [5, 5.41) is 0. The average Bonchev–Trinajstić information content (AvgIpc) is 2.26. The first-order chi connectivity index (χ1) is 8.31. The van der Waals surface area contributed by atoms with Crippen molar-refractivity contribution in [3.63, 3.8) is 0 Å². The van der Waals surface area contributed by atoms with Gasteiger partial charge < -0.3 is 0 Å². The largest absolute Gasteiger partial charge is 0.240 e. The average molecular weight is 334 g/mol. The van der Waals surface area contributed by atoms with E-state index in [1.54, 1.807) is 24.3 Å². The van der Waals surface area contributed by atoms with E-state index in [1.165, 1.54) is 0 Å². The van der Waals surface area contributed by atoms with Crippen LogP contribution in [0.5, 0.6) is 0 Å². The fourth-order valence-corrected chi connectivity index (χ4v) is 3.13. The molecule has 0 fully saturated rings. The molecule has 0 amide bonds. The number of nitrogens with one attached hydrogen (secondary N) is 1. The van der Waals surface area contributed by atoms with E-state index in [9.17, 15) is 8.42 Å². The number of halogens is 1. The van der Waals surface area contributed by atoms with Crippen LogP contribution in [-0.4, -0.2) is 14.5 Å². The van der Waals surface area contributed by atoms with Crippen LogP contribution in [0.3, 0.4) is 0 Å². The Morgan fingerprint density at radius 2 is 1.67 bits per heavy atom. The molecule has 0 heterocycles. The summed E-state index contributed by atoms with van der Waals surface area (Å²) in [7, 11) is -3.40. The minimum absolute atomic E-state index is 0.0407. The summed E-state index contributed by atoms with van der Waals surface area (Å²) in [5.41, 5.74) is 0. The molecule has 0 aliphatic carbocycles. The van der Waals surface area contributed by atoms with E-state index in [1.807, 2.05) is 6.92 Å². The van der Waals surface area contributed by atoms with Crippen LogP contribution in [0.4, 0.5) is 0 Å². The Labute approximate surface area is 118 Å². The van der Waals surface area contributed by atoms with Crippen LogP contribution < -0.4 is 4.72 Å². The number of benzene rings is 1. The number of rotatable bonds is 6. The van der Waals surface area contributed by atoms with Gasteiger partial charge in [-0.1, -0.05) is 29.8 Å². The van der Waals surface area contributed by atoms with E-state index >= 15 is 0 Å². The molecule has 102 valence electrons. The van der Waals surface area contributed by atoms with Crippen molar-refractivity contribution in [2.45, 2.75) is 44.6 Å². The minimum atomic E-state index is -3.40. The summed E-state index contributed by atoms with van der Waals surface area (Å²) >= 11 is 3.29. The first kappa shape index (κ1) is 15.7. The Morgan fingerprint density at radius 3 is 2.17 bits per heavy atom. The molecule has 5 heteroatoms. The Morgan fingerprint density at radius 1 is 1.11 bits per heavy atom. The van der Waals surface area contributed by atoms with Crippen LogP contribution in [0.1, 0.15) is 33.6 Å². The maximum absolute atomic E-state index is 12.1. The van der Waals surface area contributed by atoms with Crippen LogP contribution in [-0.2, 0) is 10.0 Å². The molecule has 1 unspecified atom stereocenters. The second-order valence-electron chi connectivity index (χ2n) is 4.95. The molecule has 0 aromatic heterocycles. The summed E-state index contributed by atoms with van der Waals surface area (Å²) in [6, 6.07) is 6.62. The van der Waals surface area contributed by atoms with Crippen molar-refractivity contribution in [1.82, 2.24) is 4.72 Å². The van der Waals surface area contributed by atoms with Crippen molar-refractivity contribution in [1.29, 1.82) is 0 Å². The molecule has 0 aliphatic rings. The van der Waals surface area contributed by atoms with E-state index in [0.717, 1.165) is 17.3 Å². The first-order valence-corrected chi connectivity index (χ1v) is 8.37. The zero-order chi connectivity index (χ0) is 13.8. The molecule has 0 radical (unpaired) electrons. The van der Waals surface area contributed by atoms with Crippen LogP contribution in [0.2, 0.25) is 0 Å². The monoisotopic (exact) mass is 333 g/mol. The molecule has 0 bridgehead atoms. The molecule has 0 spiro atoms. The van der Waals surface area contributed by atoms with Crippen molar-refractivity contribution >= 4 is 26.0 Å². The first-order valence-electron chi connectivity index (χ1n) is 6.09. The van der Waals surface area contributed by atoms with Gasteiger partial charge in [0, 0.05) is 10.5 Å². The highest BCUT2D eigenvalue weighted by Gasteiger charge is 2.17. The molecule has 1 N–H and O–H groups in total. The molecule has 1 aromatic rings. The third-order valence-corrected chi connectivity index (χ3v) is 4.79. The molecular weight excluding hydrogens is 314 g/mol. The van der Waals surface area contributed by atoms with Crippen LogP contribution in [0.25, 0.3) is 0 Å². The third kappa shape index (κ3) is 5.08. The second-order valence-corrected chi connectivity index (χ2v) is 7.58. The quantitative estimate of drug-likeness (QED) is 0.865. The Bertz CT molecular complexity index is 468. The van der Waals surface area contributed by atoms with E-state index < -0.39 is 10.0 Å². The summed E-state index contributed by atoms with van der Waals surface area (Å²) in [6.45, 7) is 6.17. The Hall–Kier alpha value is -0.390. The lowest BCUT2D eigenvalue weighted by Gasteiger charge is -2.15. The topological polar surface area (TPSA) is 46.2 Å². The molecule has 0 saturated carbocycles. The van der Waals surface area contributed by atoms with Gasteiger partial charge in [0.2, 0.25) is 10.0 Å². The van der Waals surface area contributed by atoms with Gasteiger partial charge in [0.1, 0.15) is 0 Å². The summed E-state index contributed by atoms with van der Waals surface area (Å²) < 4.78 is 27.7. The molecule has 1 aromatic carbocycles. The lowest BCUT2D eigenvalue weighted by molar-refractivity contribution is 0.485. The van der Waals surface area contributed by atoms with Gasteiger partial charge in [0.05, 0.1) is 4.90 Å². The smallest absolute Gasteiger partial charge is 0.208 e. The van der Waals surface area contributed by atoms with Gasteiger partial charge in [-0.25, -0.2) is 13.1 Å². The van der Waals surface area contributed by atoms with Crippen molar-refractivity contribution < 1.29 is 8.42 Å². The van der Waals surface area contributed by atoms with E-state index in [-0.39, 0.29) is 6.04 Å². The van der Waals surface area contributed by atoms with Gasteiger partial charge in [0.15, 0.2) is 0 Å². The second kappa shape index (κ2) is 6.68. The van der Waals surface area contributed by atoms with Gasteiger partial charge >= 0.3 is 0 Å². The number of hydrogen-bond donors (Lipinski definition) is 1. The van der Waals surface area contributed by atoms with Crippen molar-refractivity contribution in [2.24, 2.45) is 5.92 Å². The zero-order valence-corrected chi connectivity index (χ0v) is 13.4. The molecule has 3 nitrogen and oxygen atoms in total. The summed E-state index contributed by atoms with van der Waals surface area (Å²) in [5.74, 6) is 0.588. The highest BCUT2D eigenvalue weighted by atomic mass is 79.9. The highest BCUT2D eigenvalue weighted by molar-refractivity contribution is 9.10. The molecule has 0 saturated heterocycles. The van der Waals surface area contributed by atoms with Crippen molar-refractivity contribution in [3.8, 4) is 0 Å². The molecule has 18 heavy (non-hydrogen) atoms. The highest BCUT2D eigenvalue weighted by Crippen LogP contribution is 2.15. The Kier molecular flexibility index (Phi) is 5.82. The minimum Gasteiger partial charge on any atom is -0.208 e. The lowest BCUT2D eigenvalue weighted by atomic mass is 10.1. The van der Waals surface area contributed by atoms with Gasteiger partial charge in [-0.2, -0.15) is 0 Å². The van der Waals surface area contributed by atoms with E-state index in [4.69, 9.17) is 0 Å². The normalized spacial score (nSPS) is 13.8. The molecule has 1 atom stereocenters. The molecular formula is C13H20BrNO2S. The predicted molar refractivity (Wildman–Crippen MR) is 78.0 cm³/mol. The van der Waals surface area contributed by atoms with Gasteiger partial charge in [-0.15, -0.1) is 0 Å². The van der Waals surface area contributed by atoms with Gasteiger partial charge in [-0.3, -0.25) is 0 Å². The Balaban J connectivity index is 2.67. The number of hydrogen-bond acceptors (Lipinski definition) is 2. The molecule has 1 rings (SSSR count). The lowest BCUT2D eigenvalue weighted by Crippen LogP contribution is -2.32. The maximum atomic E-state index is 12.1. The SMILES string of the molecule is CC(C)CCC(C)NS(=O)(=O)c1ccc(Br)cc1. The van der Waals surface area contributed by atoms with Crippen LogP contribution >= 0.6 is 15.9 Å². The maximum Gasteiger partial charge on any atom is 0.240 e. The van der Waals surface area contributed by atoms with Crippen molar-refractivity contribution in [2.75, 3.05) is 0 Å². The van der Waals surface area contributed by atoms with Crippen LogP contribution in [0.15, 0.2) is 33.6 Å². The van der Waals surface area contributed by atoms with Crippen molar-refractivity contribution in [3.05, 3.63) is 28.7 Å². The van der Waals surface area contributed by atoms with E-state index in [0.29, 0.717) is 10.8 Å². The zero-order valence-electron chi connectivity index (χ0n) is 11.0. The van der Waals surface area contributed by atoms with Gasteiger partial charge in [-0.05, 0) is 49.9 Å². The molecule has 0 aliphatic heterocycles. The fourth-order valence-electron chi connectivity index (χ4n) is 1.59. The predicted octanol–water partition coefficient (Wildman–Crippen LogP) is 3.55. The standard InChI is InChI=1S/C13H20BrNO2S/c1-10(2)4-5-11(3)15-18(16,17)13-8-6-12(14)7-9-13/h6-11,15H,4-5H2,1-3H3. The van der Waals surface area contributed by atoms with Gasteiger partial charge in [0.25, 0.3) is 0 Å². The summed E-state index contributed by atoms with van der Waals surface area (Å²) in [6.07, 6.45) is 1.87. The third-order valence-electron chi connectivity index (χ3n) is 2.66. The van der Waals surface area contributed by atoms with Crippen LogP contribution in [0, 0.1) is 5.92 Å².